The Balaban J connectivity index is 1.82. The van der Waals surface area contributed by atoms with Gasteiger partial charge >= 0.3 is 6.03 Å². The Morgan fingerprint density at radius 1 is 1.06 bits per heavy atom. The molecule has 1 aliphatic heterocycles. The van der Waals surface area contributed by atoms with Crippen LogP contribution >= 0.6 is 0 Å². The van der Waals surface area contributed by atoms with E-state index in [2.05, 4.69) is 5.32 Å². The van der Waals surface area contributed by atoms with E-state index in [1.807, 2.05) is 30.6 Å². The van der Waals surface area contributed by atoms with Gasteiger partial charge < -0.3 is 29.9 Å². The van der Waals surface area contributed by atoms with Crippen LogP contribution in [0.1, 0.15) is 78.6 Å². The molecule has 0 bridgehead atoms. The number of hydrogen-bond donors (Lipinski definition) is 3. The van der Waals surface area contributed by atoms with E-state index in [0.29, 0.717) is 12.6 Å². The molecule has 0 aromatic carbocycles. The minimum atomic E-state index is -1.16. The van der Waals surface area contributed by atoms with E-state index in [1.165, 1.54) is 19.3 Å². The third-order valence-electron chi connectivity index (χ3n) is 6.96. The van der Waals surface area contributed by atoms with Crippen LogP contribution < -0.4 is 5.32 Å². The summed E-state index contributed by atoms with van der Waals surface area (Å²) in [6, 6.07) is -0.275. The van der Waals surface area contributed by atoms with Crippen molar-refractivity contribution >= 4 is 19.0 Å². The van der Waals surface area contributed by atoms with Crippen molar-refractivity contribution in [3.8, 4) is 0 Å². The van der Waals surface area contributed by atoms with Crippen molar-refractivity contribution in [3.05, 3.63) is 0 Å². The maximum Gasteiger partial charge on any atom is 0.318 e. The number of carbonyl (C=O) groups excluding carboxylic acids is 3. The molecule has 0 aromatic rings. The first kappa shape index (κ1) is 29.3. The number of carbonyl (C=O) groups is 3. The largest absolute Gasteiger partial charge is 0.459 e. The van der Waals surface area contributed by atoms with Crippen molar-refractivity contribution in [2.45, 2.75) is 114 Å². The molecule has 0 aromatic heterocycles. The molecule has 3 N–H and O–H groups in total. The smallest absolute Gasteiger partial charge is 0.318 e. The van der Waals surface area contributed by atoms with Crippen LogP contribution in [0.5, 0.6) is 0 Å². The normalized spacial score (nSPS) is 26.1. The summed E-state index contributed by atoms with van der Waals surface area (Å²) in [4.78, 5) is 38.5. The average Bonchev–Trinajstić information content (AvgIpc) is 2.80. The van der Waals surface area contributed by atoms with Crippen LogP contribution in [0.3, 0.4) is 0 Å². The number of nitrogens with zero attached hydrogens (tertiary/aromatic N) is 2. The second-order valence-corrected chi connectivity index (χ2v) is 10.8. The molecule has 0 unspecified atom stereocenters. The number of urea groups is 1. The quantitative estimate of drug-likeness (QED) is 0.259. The Hall–Kier alpha value is -1.91. The Bertz CT molecular complexity index is 651. The van der Waals surface area contributed by atoms with Gasteiger partial charge in [0.05, 0.1) is 12.6 Å². The lowest BCUT2D eigenvalue weighted by Gasteiger charge is -2.44. The zero-order valence-corrected chi connectivity index (χ0v) is 21.6. The first-order valence-electron chi connectivity index (χ1n) is 13.0. The molecule has 0 spiro atoms. The van der Waals surface area contributed by atoms with Crippen LogP contribution in [-0.2, 0) is 19.1 Å². The highest BCUT2D eigenvalue weighted by atomic mass is 16.6. The SMILES string of the molecule is CC(C)(C)NC(=O)N(CCCCCCN1C[C@H](OC=O)[C@@H](OC=O)[C@H](O)[C@H]1CO)C1CCCCC1. The Kier molecular flexibility index (Phi) is 12.2. The molecule has 10 nitrogen and oxygen atoms in total. The summed E-state index contributed by atoms with van der Waals surface area (Å²) in [5.74, 6) is 0. The van der Waals surface area contributed by atoms with E-state index in [1.54, 1.807) is 0 Å². The fourth-order valence-electron chi connectivity index (χ4n) is 5.22. The molecule has 2 fully saturated rings. The number of piperidine rings is 1. The molecule has 2 aliphatic rings. The second-order valence-electron chi connectivity index (χ2n) is 10.8. The molecule has 202 valence electrons. The summed E-state index contributed by atoms with van der Waals surface area (Å²) in [6.45, 7) is 7.80. The number of likely N-dealkylation sites (tertiary alicyclic amines) is 1. The van der Waals surface area contributed by atoms with Gasteiger partial charge in [-0.15, -0.1) is 0 Å². The van der Waals surface area contributed by atoms with Crippen LogP contribution in [0.4, 0.5) is 4.79 Å². The summed E-state index contributed by atoms with van der Waals surface area (Å²) in [5, 5.41) is 23.5. The van der Waals surface area contributed by atoms with Crippen molar-refractivity contribution in [1.29, 1.82) is 0 Å². The lowest BCUT2D eigenvalue weighted by molar-refractivity contribution is -0.184. The highest BCUT2D eigenvalue weighted by Gasteiger charge is 2.45. The Morgan fingerprint density at radius 3 is 2.31 bits per heavy atom. The third kappa shape index (κ3) is 9.24. The van der Waals surface area contributed by atoms with E-state index in [4.69, 9.17) is 9.47 Å². The summed E-state index contributed by atoms with van der Waals surface area (Å²) in [5.41, 5.74) is -0.270. The molecule has 2 amide bonds. The topological polar surface area (TPSA) is 129 Å². The van der Waals surface area contributed by atoms with Gasteiger partial charge in [0, 0.05) is 24.7 Å². The zero-order chi connectivity index (χ0) is 25.8. The van der Waals surface area contributed by atoms with Crippen LogP contribution in [0, 0.1) is 0 Å². The number of nitrogens with one attached hydrogen (secondary N) is 1. The maximum absolute atomic E-state index is 12.9. The molecule has 4 atom stereocenters. The third-order valence-corrected chi connectivity index (χ3v) is 6.96. The fraction of sp³-hybridized carbons (Fsp3) is 0.880. The number of hydrogen-bond acceptors (Lipinski definition) is 8. The van der Waals surface area contributed by atoms with Gasteiger partial charge in [-0.1, -0.05) is 32.1 Å². The van der Waals surface area contributed by atoms with Gasteiger partial charge in [-0.05, 0) is 53.0 Å². The number of unbranched alkanes of at least 4 members (excludes halogenated alkanes) is 3. The van der Waals surface area contributed by atoms with Crippen molar-refractivity contribution in [2.24, 2.45) is 0 Å². The number of amides is 2. The minimum absolute atomic E-state index is 0.0193. The highest BCUT2D eigenvalue weighted by Crippen LogP contribution is 2.25. The van der Waals surface area contributed by atoms with Crippen LogP contribution in [0.2, 0.25) is 0 Å². The summed E-state index contributed by atoms with van der Waals surface area (Å²) in [7, 11) is 0. The Labute approximate surface area is 209 Å². The van der Waals surface area contributed by atoms with Gasteiger partial charge in [0.2, 0.25) is 0 Å². The van der Waals surface area contributed by atoms with E-state index in [0.717, 1.165) is 45.1 Å². The lowest BCUT2D eigenvalue weighted by Crippen LogP contribution is -2.63. The monoisotopic (exact) mass is 499 g/mol. The van der Waals surface area contributed by atoms with E-state index < -0.39 is 24.4 Å². The number of aliphatic hydroxyl groups excluding tert-OH is 2. The fourth-order valence-corrected chi connectivity index (χ4v) is 5.22. The average molecular weight is 500 g/mol. The Morgan fingerprint density at radius 2 is 1.71 bits per heavy atom. The van der Waals surface area contributed by atoms with Gasteiger partial charge in [-0.2, -0.15) is 0 Å². The standard InChI is InChI=1S/C25H45N3O7/c1-25(2,3)26-24(33)28(19-11-7-6-8-12-19)14-10-5-4-9-13-27-15-21(34-17-30)23(35-18-31)22(32)20(27)16-29/h17-23,29,32H,4-16H2,1-3H3,(H,26,33)/t20-,21+,22-,23-/m1/s1. The van der Waals surface area contributed by atoms with E-state index in [-0.39, 0.29) is 37.7 Å². The highest BCUT2D eigenvalue weighted by molar-refractivity contribution is 5.75. The number of ether oxygens (including phenoxy) is 2. The summed E-state index contributed by atoms with van der Waals surface area (Å²) in [6.07, 6.45) is 6.38. The van der Waals surface area contributed by atoms with E-state index in [9.17, 15) is 24.6 Å². The first-order valence-corrected chi connectivity index (χ1v) is 13.0. The predicted octanol–water partition coefficient (Wildman–Crippen LogP) is 1.81. The van der Waals surface area contributed by atoms with Gasteiger partial charge in [-0.3, -0.25) is 14.5 Å². The van der Waals surface area contributed by atoms with Gasteiger partial charge in [0.25, 0.3) is 12.9 Å². The number of rotatable bonds is 13. The van der Waals surface area contributed by atoms with Gasteiger partial charge in [0.1, 0.15) is 6.10 Å². The lowest BCUT2D eigenvalue weighted by atomic mass is 9.93. The molecular weight excluding hydrogens is 454 g/mol. The van der Waals surface area contributed by atoms with Crippen LogP contribution in [0.15, 0.2) is 0 Å². The summed E-state index contributed by atoms with van der Waals surface area (Å²) < 4.78 is 9.97. The molecular formula is C25H45N3O7. The summed E-state index contributed by atoms with van der Waals surface area (Å²) >= 11 is 0. The molecule has 1 heterocycles. The molecule has 1 saturated carbocycles. The molecule has 10 heteroatoms. The van der Waals surface area contributed by atoms with Crippen molar-refractivity contribution < 1.29 is 34.1 Å². The van der Waals surface area contributed by atoms with Crippen LogP contribution in [0.25, 0.3) is 0 Å². The number of aliphatic hydroxyl groups is 2. The predicted molar refractivity (Wildman–Crippen MR) is 131 cm³/mol. The van der Waals surface area contributed by atoms with Gasteiger partial charge in [0.15, 0.2) is 12.2 Å². The van der Waals surface area contributed by atoms with Crippen LogP contribution in [-0.4, -0.2) is 101 Å². The first-order chi connectivity index (χ1) is 16.7. The molecule has 1 aliphatic carbocycles. The molecule has 0 radical (unpaired) electrons. The van der Waals surface area contributed by atoms with E-state index >= 15 is 0 Å². The molecule has 35 heavy (non-hydrogen) atoms. The minimum Gasteiger partial charge on any atom is -0.459 e. The molecule has 1 saturated heterocycles. The van der Waals surface area contributed by atoms with Crippen molar-refractivity contribution in [1.82, 2.24) is 15.1 Å². The van der Waals surface area contributed by atoms with Crippen molar-refractivity contribution in [2.75, 3.05) is 26.2 Å². The second kappa shape index (κ2) is 14.6. The zero-order valence-electron chi connectivity index (χ0n) is 21.6. The van der Waals surface area contributed by atoms with Crippen molar-refractivity contribution in [3.63, 3.8) is 0 Å². The van der Waals surface area contributed by atoms with Gasteiger partial charge in [-0.25, -0.2) is 4.79 Å². The maximum atomic E-state index is 12.9. The molecule has 2 rings (SSSR count).